The van der Waals surface area contributed by atoms with E-state index in [-0.39, 0.29) is 5.75 Å². The third kappa shape index (κ3) is 3.09. The number of rotatable bonds is 4. The summed E-state index contributed by atoms with van der Waals surface area (Å²) < 4.78 is 4.98. The maximum absolute atomic E-state index is 10.9. The molecule has 0 radical (unpaired) electrons. The van der Waals surface area contributed by atoms with Crippen molar-refractivity contribution in [3.8, 4) is 11.5 Å². The van der Waals surface area contributed by atoms with Crippen LogP contribution in [0.4, 0.5) is 5.82 Å². The van der Waals surface area contributed by atoms with Gasteiger partial charge in [-0.3, -0.25) is 10.4 Å². The van der Waals surface area contributed by atoms with Gasteiger partial charge in [-0.1, -0.05) is 6.07 Å². The van der Waals surface area contributed by atoms with Crippen molar-refractivity contribution in [2.45, 2.75) is 0 Å². The van der Waals surface area contributed by atoms with Crippen molar-refractivity contribution in [3.05, 3.63) is 46.5 Å². The van der Waals surface area contributed by atoms with E-state index in [1.807, 2.05) is 0 Å². The van der Waals surface area contributed by atoms with Crippen LogP contribution in [0, 0.1) is 0 Å². The molecule has 0 aliphatic heterocycles. The molecule has 3 N–H and O–H groups in total. The van der Waals surface area contributed by atoms with Gasteiger partial charge in [0.25, 0.3) is 0 Å². The van der Waals surface area contributed by atoms with Gasteiger partial charge in [-0.2, -0.15) is 5.10 Å². The summed E-state index contributed by atoms with van der Waals surface area (Å²) in [6.07, 6.45) is 2.77. The molecule has 0 fully saturated rings. The lowest BCUT2D eigenvalue weighted by Crippen LogP contribution is -2.10. The van der Waals surface area contributed by atoms with Crippen LogP contribution in [0.15, 0.2) is 40.4 Å². The smallest absolute Gasteiger partial charge is 0.346 e. The number of hydrazone groups is 1. The number of phenolic OH excluding ortho intramolecular Hbond substituents is 1. The molecule has 1 aromatic carbocycles. The number of aromatic hydroxyl groups is 1. The van der Waals surface area contributed by atoms with Gasteiger partial charge in [0.2, 0.25) is 0 Å². The third-order valence-electron chi connectivity index (χ3n) is 2.31. The average Bonchev–Trinajstić information content (AvgIpc) is 2.41. The second-order valence-electron chi connectivity index (χ2n) is 3.56. The van der Waals surface area contributed by atoms with E-state index in [2.05, 4.69) is 20.5 Å². The van der Waals surface area contributed by atoms with Crippen molar-refractivity contribution in [3.63, 3.8) is 0 Å². The van der Waals surface area contributed by atoms with Crippen LogP contribution in [-0.2, 0) is 0 Å². The molecule has 1 aromatic heterocycles. The zero-order valence-electron chi connectivity index (χ0n) is 10.1. The highest BCUT2D eigenvalue weighted by molar-refractivity contribution is 5.85. The number of aromatic amines is 1. The van der Waals surface area contributed by atoms with Gasteiger partial charge >= 0.3 is 5.69 Å². The highest BCUT2D eigenvalue weighted by atomic mass is 16.5. The van der Waals surface area contributed by atoms with Crippen molar-refractivity contribution in [1.29, 1.82) is 0 Å². The molecule has 0 unspecified atom stereocenters. The van der Waals surface area contributed by atoms with E-state index in [0.29, 0.717) is 17.1 Å². The Morgan fingerprint density at radius 3 is 3.05 bits per heavy atom. The fraction of sp³-hybridized carbons (Fsp3) is 0.0833. The predicted octanol–water partition coefficient (Wildman–Crippen LogP) is 0.930. The van der Waals surface area contributed by atoms with Crippen LogP contribution in [0.1, 0.15) is 5.56 Å². The largest absolute Gasteiger partial charge is 0.504 e. The highest BCUT2D eigenvalue weighted by Gasteiger charge is 2.04. The Kier molecular flexibility index (Phi) is 3.77. The Hall–Kier alpha value is -2.83. The van der Waals surface area contributed by atoms with E-state index in [0.717, 1.165) is 0 Å². The molecule has 19 heavy (non-hydrogen) atoms. The van der Waals surface area contributed by atoms with E-state index < -0.39 is 5.69 Å². The summed E-state index contributed by atoms with van der Waals surface area (Å²) in [5.74, 6) is 0.763. The van der Waals surface area contributed by atoms with Crippen LogP contribution in [0.3, 0.4) is 0 Å². The molecule has 0 amide bonds. The fourth-order valence-corrected chi connectivity index (χ4v) is 1.41. The predicted molar refractivity (Wildman–Crippen MR) is 70.7 cm³/mol. The Bertz CT molecular complexity index is 651. The summed E-state index contributed by atoms with van der Waals surface area (Å²) in [5, 5.41) is 13.7. The normalized spacial score (nSPS) is 10.6. The van der Waals surface area contributed by atoms with E-state index >= 15 is 0 Å². The first kappa shape index (κ1) is 12.6. The number of nitrogens with zero attached hydrogens (tertiary/aromatic N) is 2. The Balaban J connectivity index is 2.13. The summed E-state index contributed by atoms with van der Waals surface area (Å²) in [5.41, 5.74) is 2.64. The Morgan fingerprint density at radius 2 is 2.32 bits per heavy atom. The average molecular weight is 260 g/mol. The number of aromatic nitrogens is 2. The SMILES string of the molecule is COc1cccc(/C=N\Nc2ccnc(=O)[nH]2)c1O. The third-order valence-corrected chi connectivity index (χ3v) is 2.31. The molecule has 7 nitrogen and oxygen atoms in total. The maximum Gasteiger partial charge on any atom is 0.346 e. The van der Waals surface area contributed by atoms with Crippen LogP contribution < -0.4 is 15.9 Å². The van der Waals surface area contributed by atoms with Crippen molar-refractivity contribution in [1.82, 2.24) is 9.97 Å². The quantitative estimate of drug-likeness (QED) is 0.561. The summed E-state index contributed by atoms with van der Waals surface area (Å²) >= 11 is 0. The zero-order chi connectivity index (χ0) is 13.7. The lowest BCUT2D eigenvalue weighted by molar-refractivity contribution is 0.373. The minimum atomic E-state index is -0.468. The first-order valence-electron chi connectivity index (χ1n) is 5.41. The van der Waals surface area contributed by atoms with Crippen molar-refractivity contribution >= 4 is 12.0 Å². The van der Waals surface area contributed by atoms with Crippen LogP contribution in [0.25, 0.3) is 0 Å². The van der Waals surface area contributed by atoms with Crippen LogP contribution in [0.5, 0.6) is 11.5 Å². The van der Waals surface area contributed by atoms with Gasteiger partial charge in [-0.25, -0.2) is 9.78 Å². The van der Waals surface area contributed by atoms with Gasteiger partial charge < -0.3 is 9.84 Å². The minimum absolute atomic E-state index is 0.00114. The minimum Gasteiger partial charge on any atom is -0.504 e. The molecule has 0 bridgehead atoms. The molecule has 0 aliphatic carbocycles. The van der Waals surface area contributed by atoms with Gasteiger partial charge in [-0.05, 0) is 18.2 Å². The number of H-pyrrole nitrogens is 1. The number of para-hydroxylation sites is 1. The van der Waals surface area contributed by atoms with E-state index in [1.54, 1.807) is 24.3 Å². The molecule has 1 heterocycles. The van der Waals surface area contributed by atoms with Crippen LogP contribution >= 0.6 is 0 Å². The Labute approximate surface area is 108 Å². The van der Waals surface area contributed by atoms with Crippen molar-refractivity contribution in [2.24, 2.45) is 5.10 Å². The first-order chi connectivity index (χ1) is 9.20. The highest BCUT2D eigenvalue weighted by Crippen LogP contribution is 2.27. The van der Waals surface area contributed by atoms with Gasteiger partial charge in [0.1, 0.15) is 5.82 Å². The molecule has 2 aromatic rings. The van der Waals surface area contributed by atoms with Gasteiger partial charge in [0, 0.05) is 11.8 Å². The summed E-state index contributed by atoms with van der Waals surface area (Å²) in [6, 6.07) is 6.61. The lowest BCUT2D eigenvalue weighted by atomic mass is 10.2. The van der Waals surface area contributed by atoms with Crippen molar-refractivity contribution in [2.75, 3.05) is 12.5 Å². The van der Waals surface area contributed by atoms with E-state index in [1.165, 1.54) is 19.5 Å². The number of hydrogen-bond donors (Lipinski definition) is 3. The van der Waals surface area contributed by atoms with Gasteiger partial charge in [0.15, 0.2) is 11.5 Å². The monoisotopic (exact) mass is 260 g/mol. The molecule has 98 valence electrons. The number of anilines is 1. The fourth-order valence-electron chi connectivity index (χ4n) is 1.41. The summed E-state index contributed by atoms with van der Waals surface area (Å²) in [6.45, 7) is 0. The number of methoxy groups -OCH3 is 1. The Morgan fingerprint density at radius 1 is 1.47 bits per heavy atom. The number of nitrogens with one attached hydrogen (secondary N) is 2. The number of ether oxygens (including phenoxy) is 1. The van der Waals surface area contributed by atoms with E-state index in [4.69, 9.17) is 4.74 Å². The van der Waals surface area contributed by atoms with Crippen LogP contribution in [0.2, 0.25) is 0 Å². The molecular formula is C12H12N4O3. The number of benzene rings is 1. The topological polar surface area (TPSA) is 99.6 Å². The standard InChI is InChI=1S/C12H12N4O3/c1-19-9-4-2-3-8(11(9)17)7-14-16-10-5-6-13-12(18)15-10/h2-7,17H,1H3,(H2,13,15,16,18)/b14-7-. The zero-order valence-corrected chi connectivity index (χ0v) is 10.1. The molecule has 0 atom stereocenters. The summed E-state index contributed by atoms with van der Waals surface area (Å²) in [4.78, 5) is 16.9. The van der Waals surface area contributed by atoms with Gasteiger partial charge in [-0.15, -0.1) is 0 Å². The molecule has 7 heteroatoms. The van der Waals surface area contributed by atoms with Crippen molar-refractivity contribution < 1.29 is 9.84 Å². The number of phenols is 1. The number of hydrogen-bond acceptors (Lipinski definition) is 6. The first-order valence-corrected chi connectivity index (χ1v) is 5.41. The maximum atomic E-state index is 10.9. The molecule has 0 saturated carbocycles. The lowest BCUT2D eigenvalue weighted by Gasteiger charge is -2.05. The molecule has 0 aliphatic rings. The molecule has 0 spiro atoms. The van der Waals surface area contributed by atoms with Gasteiger partial charge in [0.05, 0.1) is 13.3 Å². The second-order valence-corrected chi connectivity index (χ2v) is 3.56. The molecule has 0 saturated heterocycles. The van der Waals surface area contributed by atoms with E-state index in [9.17, 15) is 9.90 Å². The second kappa shape index (κ2) is 5.67. The molecule has 2 rings (SSSR count). The van der Waals surface area contributed by atoms with Crippen LogP contribution in [-0.4, -0.2) is 28.4 Å². The summed E-state index contributed by atoms with van der Waals surface area (Å²) in [7, 11) is 1.47. The molecular weight excluding hydrogens is 248 g/mol.